The van der Waals surface area contributed by atoms with Gasteiger partial charge in [0.05, 0.1) is 17.8 Å². The van der Waals surface area contributed by atoms with Gasteiger partial charge in [0.2, 0.25) is 11.8 Å². The number of nitrogens with one attached hydrogen (secondary N) is 2. The number of aromatic nitrogens is 4. The van der Waals surface area contributed by atoms with Crippen molar-refractivity contribution in [3.8, 4) is 22.8 Å². The van der Waals surface area contributed by atoms with Crippen LogP contribution in [0.25, 0.3) is 17.1 Å². The highest BCUT2D eigenvalue weighted by Gasteiger charge is 2.50. The molecule has 2 amide bonds. The second-order valence-corrected chi connectivity index (χ2v) is 8.81. The summed E-state index contributed by atoms with van der Waals surface area (Å²) in [4.78, 5) is 32.6. The molecule has 1 fully saturated rings. The normalized spacial score (nSPS) is 18.1. The van der Waals surface area contributed by atoms with Gasteiger partial charge in [0.15, 0.2) is 17.2 Å². The van der Waals surface area contributed by atoms with E-state index in [1.807, 2.05) is 0 Å². The lowest BCUT2D eigenvalue weighted by atomic mass is 9.97. The van der Waals surface area contributed by atoms with Crippen LogP contribution in [0.4, 0.5) is 23.4 Å². The average Bonchev–Trinajstić information content (AvgIpc) is 3.36. The molecule has 1 aliphatic rings. The van der Waals surface area contributed by atoms with E-state index in [2.05, 4.69) is 25.7 Å². The fourth-order valence-corrected chi connectivity index (χ4v) is 3.61. The zero-order chi connectivity index (χ0) is 26.3. The molecule has 0 unspecified atom stereocenters. The first-order valence-electron chi connectivity index (χ1n) is 10.9. The van der Waals surface area contributed by atoms with Crippen LogP contribution in [-0.2, 0) is 9.59 Å². The van der Waals surface area contributed by atoms with Gasteiger partial charge in [0.1, 0.15) is 11.6 Å². The Morgan fingerprint density at radius 1 is 1.19 bits per heavy atom. The molecule has 0 radical (unpaired) electrons. The summed E-state index contributed by atoms with van der Waals surface area (Å²) in [5.74, 6) is -2.78. The maximum Gasteiger partial charge on any atom is 0.427 e. The van der Waals surface area contributed by atoms with Crippen molar-refractivity contribution in [2.75, 3.05) is 11.9 Å². The van der Waals surface area contributed by atoms with Crippen molar-refractivity contribution in [1.29, 1.82) is 0 Å². The van der Waals surface area contributed by atoms with Crippen molar-refractivity contribution in [2.24, 2.45) is 11.8 Å². The standard InChI is InChI=1S/C23H22F4N6O3/c1-12-16(10-30-20(12)34)21(35)31-18-9-17(33(32-18)19-11-28-4-5-29-19)13-6-14(24)8-15(7-13)36-22(2,3)23(25,26)27/h4-9,11-12,16H,10H2,1-3H3,(H,30,34)(H,31,32,35)/t12-,16+/m1/s1. The Bertz CT molecular complexity index is 1290. The van der Waals surface area contributed by atoms with E-state index in [1.165, 1.54) is 35.4 Å². The number of amides is 2. The molecule has 36 heavy (non-hydrogen) atoms. The molecule has 0 spiro atoms. The van der Waals surface area contributed by atoms with Gasteiger partial charge in [-0.1, -0.05) is 6.92 Å². The first-order valence-corrected chi connectivity index (χ1v) is 10.9. The van der Waals surface area contributed by atoms with E-state index in [0.29, 0.717) is 0 Å². The van der Waals surface area contributed by atoms with Gasteiger partial charge >= 0.3 is 6.18 Å². The smallest absolute Gasteiger partial charge is 0.427 e. The molecule has 1 aliphatic heterocycles. The molecule has 3 heterocycles. The fourth-order valence-electron chi connectivity index (χ4n) is 3.61. The highest BCUT2D eigenvalue weighted by Crippen LogP contribution is 2.36. The highest BCUT2D eigenvalue weighted by atomic mass is 19.4. The summed E-state index contributed by atoms with van der Waals surface area (Å²) in [5.41, 5.74) is -2.26. The third-order valence-electron chi connectivity index (χ3n) is 5.80. The summed E-state index contributed by atoms with van der Waals surface area (Å²) < 4.78 is 60.8. The zero-order valence-corrected chi connectivity index (χ0v) is 19.4. The minimum absolute atomic E-state index is 0.0644. The zero-order valence-electron chi connectivity index (χ0n) is 19.4. The fraction of sp³-hybridized carbons (Fsp3) is 0.348. The van der Waals surface area contributed by atoms with Crippen molar-refractivity contribution in [1.82, 2.24) is 25.1 Å². The van der Waals surface area contributed by atoms with E-state index < -0.39 is 35.3 Å². The average molecular weight is 506 g/mol. The maximum absolute atomic E-state index is 14.5. The van der Waals surface area contributed by atoms with E-state index in [1.54, 1.807) is 6.92 Å². The number of anilines is 1. The van der Waals surface area contributed by atoms with Crippen molar-refractivity contribution in [3.05, 3.63) is 48.7 Å². The first kappa shape index (κ1) is 25.1. The summed E-state index contributed by atoms with van der Waals surface area (Å²) >= 11 is 0. The van der Waals surface area contributed by atoms with Crippen LogP contribution in [0.5, 0.6) is 5.75 Å². The minimum atomic E-state index is -4.70. The molecule has 1 saturated heterocycles. The van der Waals surface area contributed by atoms with Gasteiger partial charge in [-0.05, 0) is 26.0 Å². The molecular weight excluding hydrogens is 484 g/mol. The molecule has 0 aliphatic carbocycles. The number of hydrogen-bond donors (Lipinski definition) is 2. The Balaban J connectivity index is 1.73. The topological polar surface area (TPSA) is 111 Å². The SMILES string of the molecule is C[C@H]1C(=O)NC[C@@H]1C(=O)Nc1cc(-c2cc(F)cc(OC(C)(C)C(F)(F)F)c2)n(-c2cnccn2)n1. The molecule has 2 atom stereocenters. The predicted octanol–water partition coefficient (Wildman–Crippen LogP) is 3.51. The lowest BCUT2D eigenvalue weighted by Crippen LogP contribution is -2.44. The van der Waals surface area contributed by atoms with E-state index >= 15 is 0 Å². The molecule has 0 bridgehead atoms. The number of alkyl halides is 3. The van der Waals surface area contributed by atoms with E-state index in [9.17, 15) is 27.2 Å². The second kappa shape index (κ2) is 9.21. The predicted molar refractivity (Wildman–Crippen MR) is 120 cm³/mol. The Hall–Kier alpha value is -4.03. The number of ether oxygens (including phenoxy) is 1. The van der Waals surface area contributed by atoms with E-state index in [0.717, 1.165) is 26.0 Å². The second-order valence-electron chi connectivity index (χ2n) is 8.81. The lowest BCUT2D eigenvalue weighted by molar-refractivity contribution is -0.234. The van der Waals surface area contributed by atoms with Gasteiger partial charge in [-0.2, -0.15) is 13.2 Å². The molecule has 9 nitrogen and oxygen atoms in total. The van der Waals surface area contributed by atoms with Crippen LogP contribution in [0.15, 0.2) is 42.9 Å². The number of nitrogens with zero attached hydrogens (tertiary/aromatic N) is 4. The monoisotopic (exact) mass is 506 g/mol. The van der Waals surface area contributed by atoms with Crippen LogP contribution in [0.2, 0.25) is 0 Å². The number of carbonyl (C=O) groups is 2. The molecule has 3 aromatic rings. The lowest BCUT2D eigenvalue weighted by Gasteiger charge is -2.29. The van der Waals surface area contributed by atoms with Crippen LogP contribution in [-0.4, -0.2) is 49.9 Å². The number of carbonyl (C=O) groups excluding carboxylic acids is 2. The van der Waals surface area contributed by atoms with Crippen LogP contribution < -0.4 is 15.4 Å². The molecule has 1 aromatic carbocycles. The quantitative estimate of drug-likeness (QED) is 0.495. The van der Waals surface area contributed by atoms with Crippen molar-refractivity contribution in [3.63, 3.8) is 0 Å². The van der Waals surface area contributed by atoms with Crippen LogP contribution in [0, 0.1) is 17.7 Å². The molecule has 2 aromatic heterocycles. The number of hydrogen-bond acceptors (Lipinski definition) is 6. The van der Waals surface area contributed by atoms with Gasteiger partial charge in [-0.15, -0.1) is 5.10 Å². The molecule has 0 saturated carbocycles. The minimum Gasteiger partial charge on any atom is -0.478 e. The highest BCUT2D eigenvalue weighted by molar-refractivity contribution is 5.98. The Labute approximate surface area is 202 Å². The third kappa shape index (κ3) is 4.99. The van der Waals surface area contributed by atoms with Gasteiger partial charge < -0.3 is 15.4 Å². The van der Waals surface area contributed by atoms with E-state index in [-0.39, 0.29) is 41.1 Å². The van der Waals surface area contributed by atoms with Crippen molar-refractivity contribution in [2.45, 2.75) is 32.5 Å². The maximum atomic E-state index is 14.5. The van der Waals surface area contributed by atoms with Crippen LogP contribution >= 0.6 is 0 Å². The summed E-state index contributed by atoms with van der Waals surface area (Å²) in [6.45, 7) is 3.47. The van der Waals surface area contributed by atoms with E-state index in [4.69, 9.17) is 4.74 Å². The van der Waals surface area contributed by atoms with Gasteiger partial charge in [0.25, 0.3) is 0 Å². The van der Waals surface area contributed by atoms with Crippen LogP contribution in [0.3, 0.4) is 0 Å². The largest absolute Gasteiger partial charge is 0.478 e. The molecular formula is C23H22F4N6O3. The van der Waals surface area contributed by atoms with Gasteiger partial charge in [-0.25, -0.2) is 14.1 Å². The molecule has 13 heteroatoms. The third-order valence-corrected chi connectivity index (χ3v) is 5.80. The van der Waals surface area contributed by atoms with Crippen molar-refractivity contribution >= 4 is 17.6 Å². The number of benzene rings is 1. The van der Waals surface area contributed by atoms with Gasteiger partial charge in [0, 0.05) is 42.6 Å². The Morgan fingerprint density at radius 2 is 1.94 bits per heavy atom. The molecule has 2 N–H and O–H groups in total. The van der Waals surface area contributed by atoms with Gasteiger partial charge in [-0.3, -0.25) is 14.6 Å². The number of halogens is 4. The number of rotatable bonds is 6. The first-order chi connectivity index (χ1) is 16.9. The molecule has 190 valence electrons. The van der Waals surface area contributed by atoms with Crippen molar-refractivity contribution < 1.29 is 31.9 Å². The Kier molecular flexibility index (Phi) is 6.41. The Morgan fingerprint density at radius 3 is 2.56 bits per heavy atom. The van der Waals surface area contributed by atoms with Crippen LogP contribution in [0.1, 0.15) is 20.8 Å². The summed E-state index contributed by atoms with van der Waals surface area (Å²) in [6, 6.07) is 4.57. The summed E-state index contributed by atoms with van der Waals surface area (Å²) in [6.07, 6.45) is -0.518. The summed E-state index contributed by atoms with van der Waals surface area (Å²) in [5, 5.41) is 9.57. The molecule has 4 rings (SSSR count). The summed E-state index contributed by atoms with van der Waals surface area (Å²) in [7, 11) is 0.